The molecule has 0 bridgehead atoms. The maximum atomic E-state index is 4.15. The Labute approximate surface area is 122 Å². The number of hydrogen-bond donors (Lipinski definition) is 1. The van der Waals surface area contributed by atoms with Crippen molar-refractivity contribution in [2.75, 3.05) is 5.32 Å². The van der Waals surface area contributed by atoms with Crippen LogP contribution in [0.4, 0.5) is 5.69 Å². The van der Waals surface area contributed by atoms with E-state index in [-0.39, 0.29) is 0 Å². The normalized spacial score (nSPS) is 10.5. The predicted octanol–water partition coefficient (Wildman–Crippen LogP) is 2.24. The first-order valence-electron chi connectivity index (χ1n) is 6.64. The van der Waals surface area contributed by atoms with Crippen molar-refractivity contribution >= 4 is 11.9 Å². The molecule has 0 spiro atoms. The molecule has 21 heavy (non-hydrogen) atoms. The highest BCUT2D eigenvalue weighted by Gasteiger charge is 1.99. The number of benzene rings is 1. The fourth-order valence-corrected chi connectivity index (χ4v) is 2.00. The topological polar surface area (TPSA) is 60.6 Å². The van der Waals surface area contributed by atoms with Crippen LogP contribution in [-0.2, 0) is 13.1 Å². The Bertz CT molecular complexity index is 696. The standard InChI is InChI=1S/C15H16N6/c1-2-20-10-14(8-18-20)7-17-15-5-3-13(4-6-15)9-21-12-16-11-19-21/h2-6,8,10-12,17H,1,7,9H2. The largest absolute Gasteiger partial charge is 0.381 e. The molecular weight excluding hydrogens is 264 g/mol. The van der Waals surface area contributed by atoms with E-state index in [1.807, 2.05) is 12.4 Å². The van der Waals surface area contributed by atoms with E-state index in [1.165, 1.54) is 5.56 Å². The van der Waals surface area contributed by atoms with Gasteiger partial charge in [-0.15, -0.1) is 0 Å². The molecule has 106 valence electrons. The molecule has 0 radical (unpaired) electrons. The lowest BCUT2D eigenvalue weighted by molar-refractivity contribution is 0.685. The number of nitrogens with one attached hydrogen (secondary N) is 1. The second-order valence-electron chi connectivity index (χ2n) is 4.65. The van der Waals surface area contributed by atoms with Crippen LogP contribution in [0, 0.1) is 0 Å². The molecule has 0 aliphatic rings. The molecule has 0 aliphatic heterocycles. The van der Waals surface area contributed by atoms with Gasteiger partial charge < -0.3 is 5.32 Å². The van der Waals surface area contributed by atoms with Crippen LogP contribution in [0.2, 0.25) is 0 Å². The van der Waals surface area contributed by atoms with E-state index in [0.29, 0.717) is 0 Å². The summed E-state index contributed by atoms with van der Waals surface area (Å²) in [5, 5.41) is 11.6. The molecule has 6 heteroatoms. The van der Waals surface area contributed by atoms with Crippen LogP contribution in [0.25, 0.3) is 6.20 Å². The van der Waals surface area contributed by atoms with Crippen molar-refractivity contribution in [1.82, 2.24) is 24.5 Å². The van der Waals surface area contributed by atoms with Crippen LogP contribution in [-0.4, -0.2) is 24.5 Å². The second-order valence-corrected chi connectivity index (χ2v) is 4.65. The van der Waals surface area contributed by atoms with Crippen molar-refractivity contribution in [2.45, 2.75) is 13.1 Å². The van der Waals surface area contributed by atoms with Crippen molar-refractivity contribution in [2.24, 2.45) is 0 Å². The lowest BCUT2D eigenvalue weighted by Gasteiger charge is -2.06. The molecule has 0 saturated carbocycles. The molecule has 0 saturated heterocycles. The van der Waals surface area contributed by atoms with E-state index < -0.39 is 0 Å². The highest BCUT2D eigenvalue weighted by Crippen LogP contribution is 2.12. The summed E-state index contributed by atoms with van der Waals surface area (Å²) in [6, 6.07) is 8.28. The minimum atomic E-state index is 0.729. The van der Waals surface area contributed by atoms with E-state index >= 15 is 0 Å². The first kappa shape index (κ1) is 13.1. The van der Waals surface area contributed by atoms with Crippen molar-refractivity contribution in [3.8, 4) is 0 Å². The number of aromatic nitrogens is 5. The molecule has 0 aliphatic carbocycles. The van der Waals surface area contributed by atoms with Crippen LogP contribution in [0.5, 0.6) is 0 Å². The molecule has 3 aromatic rings. The van der Waals surface area contributed by atoms with Crippen molar-refractivity contribution in [1.29, 1.82) is 0 Å². The number of rotatable bonds is 6. The van der Waals surface area contributed by atoms with Crippen LogP contribution < -0.4 is 5.32 Å². The third-order valence-corrected chi connectivity index (χ3v) is 3.10. The summed E-state index contributed by atoms with van der Waals surface area (Å²) in [6.45, 7) is 5.13. The van der Waals surface area contributed by atoms with Crippen LogP contribution in [0.1, 0.15) is 11.1 Å². The summed E-state index contributed by atoms with van der Waals surface area (Å²) in [4.78, 5) is 3.93. The van der Waals surface area contributed by atoms with Gasteiger partial charge in [-0.05, 0) is 17.7 Å². The highest BCUT2D eigenvalue weighted by atomic mass is 15.3. The van der Waals surface area contributed by atoms with Gasteiger partial charge >= 0.3 is 0 Å². The fraction of sp³-hybridized carbons (Fsp3) is 0.133. The molecule has 1 N–H and O–H groups in total. The summed E-state index contributed by atoms with van der Waals surface area (Å²) < 4.78 is 3.49. The first-order valence-corrected chi connectivity index (χ1v) is 6.64. The van der Waals surface area contributed by atoms with Gasteiger partial charge in [-0.1, -0.05) is 18.7 Å². The van der Waals surface area contributed by atoms with Crippen LogP contribution in [0.3, 0.4) is 0 Å². The van der Waals surface area contributed by atoms with E-state index in [0.717, 1.165) is 24.3 Å². The van der Waals surface area contributed by atoms with Gasteiger partial charge in [0.05, 0.1) is 12.7 Å². The molecule has 3 rings (SSSR count). The average molecular weight is 280 g/mol. The van der Waals surface area contributed by atoms with Gasteiger partial charge in [0, 0.05) is 30.2 Å². The van der Waals surface area contributed by atoms with E-state index in [4.69, 9.17) is 0 Å². The van der Waals surface area contributed by atoms with Gasteiger partial charge in [0.25, 0.3) is 0 Å². The fourth-order valence-electron chi connectivity index (χ4n) is 2.00. The summed E-state index contributed by atoms with van der Waals surface area (Å²) >= 11 is 0. The zero-order valence-corrected chi connectivity index (χ0v) is 11.6. The zero-order valence-electron chi connectivity index (χ0n) is 11.6. The average Bonchev–Trinajstić information content (AvgIpc) is 3.18. The molecule has 0 fully saturated rings. The van der Waals surface area contributed by atoms with E-state index in [1.54, 1.807) is 28.2 Å². The highest BCUT2D eigenvalue weighted by molar-refractivity contribution is 5.45. The van der Waals surface area contributed by atoms with Gasteiger partial charge in [0.2, 0.25) is 0 Å². The lowest BCUT2D eigenvalue weighted by Crippen LogP contribution is -2.01. The Balaban J connectivity index is 1.57. The predicted molar refractivity (Wildman–Crippen MR) is 81.5 cm³/mol. The summed E-state index contributed by atoms with van der Waals surface area (Å²) in [5.41, 5.74) is 3.37. The molecule has 1 aromatic carbocycles. The maximum absolute atomic E-state index is 4.15. The SMILES string of the molecule is C=Cn1cc(CNc2ccc(Cn3cncn3)cc2)cn1. The van der Waals surface area contributed by atoms with Gasteiger partial charge in [-0.25, -0.2) is 14.3 Å². The summed E-state index contributed by atoms with van der Waals surface area (Å²) in [6.07, 6.45) is 8.69. The third kappa shape index (κ3) is 3.36. The Morgan fingerprint density at radius 1 is 1.14 bits per heavy atom. The Hall–Kier alpha value is -2.89. The molecule has 0 amide bonds. The lowest BCUT2D eigenvalue weighted by atomic mass is 10.2. The van der Waals surface area contributed by atoms with E-state index in [2.05, 4.69) is 51.3 Å². The van der Waals surface area contributed by atoms with Crippen molar-refractivity contribution < 1.29 is 0 Å². The third-order valence-electron chi connectivity index (χ3n) is 3.10. The zero-order chi connectivity index (χ0) is 14.5. The molecule has 0 atom stereocenters. The minimum Gasteiger partial charge on any atom is -0.381 e. The van der Waals surface area contributed by atoms with Gasteiger partial charge in [0.1, 0.15) is 12.7 Å². The summed E-state index contributed by atoms with van der Waals surface area (Å²) in [5.74, 6) is 0. The molecule has 2 heterocycles. The number of nitrogens with zero attached hydrogens (tertiary/aromatic N) is 5. The second kappa shape index (κ2) is 6.04. The van der Waals surface area contributed by atoms with Crippen molar-refractivity contribution in [3.05, 3.63) is 67.0 Å². The quantitative estimate of drug-likeness (QED) is 0.752. The minimum absolute atomic E-state index is 0.729. The molecule has 2 aromatic heterocycles. The van der Waals surface area contributed by atoms with Gasteiger partial charge in [0.15, 0.2) is 0 Å². The molecule has 6 nitrogen and oxygen atoms in total. The Morgan fingerprint density at radius 2 is 2.00 bits per heavy atom. The van der Waals surface area contributed by atoms with Gasteiger partial charge in [-0.2, -0.15) is 10.2 Å². The molecular formula is C15H16N6. The monoisotopic (exact) mass is 280 g/mol. The van der Waals surface area contributed by atoms with Crippen molar-refractivity contribution in [3.63, 3.8) is 0 Å². The number of hydrogen-bond acceptors (Lipinski definition) is 4. The van der Waals surface area contributed by atoms with Gasteiger partial charge in [-0.3, -0.25) is 0 Å². The Morgan fingerprint density at radius 3 is 2.67 bits per heavy atom. The molecule has 0 unspecified atom stereocenters. The van der Waals surface area contributed by atoms with Crippen LogP contribution >= 0.6 is 0 Å². The Kier molecular flexibility index (Phi) is 3.77. The summed E-state index contributed by atoms with van der Waals surface area (Å²) in [7, 11) is 0. The van der Waals surface area contributed by atoms with Crippen LogP contribution in [0.15, 0.2) is 55.9 Å². The number of anilines is 1. The van der Waals surface area contributed by atoms with E-state index in [9.17, 15) is 0 Å². The maximum Gasteiger partial charge on any atom is 0.137 e. The smallest absolute Gasteiger partial charge is 0.137 e. The first-order chi connectivity index (χ1) is 10.3.